The van der Waals surface area contributed by atoms with Gasteiger partial charge in [-0.2, -0.15) is 0 Å². The number of carbonyl (C=O) groups excluding carboxylic acids is 1. The van der Waals surface area contributed by atoms with Gasteiger partial charge in [-0.3, -0.25) is 9.69 Å². The van der Waals surface area contributed by atoms with E-state index in [0.717, 1.165) is 31.5 Å². The van der Waals surface area contributed by atoms with Crippen molar-refractivity contribution < 1.29 is 4.79 Å². The molecule has 0 spiro atoms. The van der Waals surface area contributed by atoms with Gasteiger partial charge in [0.15, 0.2) is 0 Å². The van der Waals surface area contributed by atoms with Crippen LogP contribution in [0.3, 0.4) is 0 Å². The van der Waals surface area contributed by atoms with Gasteiger partial charge in [0.05, 0.1) is 6.54 Å². The number of fused-ring (bicyclic) bond motifs is 1. The minimum Gasteiger partial charge on any atom is -0.361 e. The molecule has 1 amide bonds. The standard InChI is InChI=1S/C23H27N3O/c1-17-6-8-18(9-7-17)14-25-23(27)16-26-12-10-19(11-13-26)21-15-24-22-5-3-2-4-20(21)22/h2-9,15,19,24H,10-14,16H2,1H3,(H,25,27). The van der Waals surface area contributed by atoms with E-state index in [9.17, 15) is 4.79 Å². The lowest BCUT2D eigenvalue weighted by atomic mass is 9.89. The van der Waals surface area contributed by atoms with Crippen molar-refractivity contribution in [3.8, 4) is 0 Å². The third-order valence-electron chi connectivity index (χ3n) is 5.63. The average Bonchev–Trinajstić information content (AvgIpc) is 3.12. The van der Waals surface area contributed by atoms with Crippen LogP contribution >= 0.6 is 0 Å². The zero-order valence-electron chi connectivity index (χ0n) is 15.9. The number of aromatic nitrogens is 1. The van der Waals surface area contributed by atoms with E-state index in [1.807, 2.05) is 0 Å². The molecule has 0 aliphatic carbocycles. The third kappa shape index (κ3) is 4.22. The summed E-state index contributed by atoms with van der Waals surface area (Å²) in [5.41, 5.74) is 5.02. The summed E-state index contributed by atoms with van der Waals surface area (Å²) in [4.78, 5) is 17.9. The maximum atomic E-state index is 12.3. The molecule has 140 valence electrons. The van der Waals surface area contributed by atoms with Crippen LogP contribution in [0.4, 0.5) is 0 Å². The predicted octanol–water partition coefficient (Wildman–Crippen LogP) is 3.97. The topological polar surface area (TPSA) is 48.1 Å². The Kier molecular flexibility index (Phi) is 5.26. The summed E-state index contributed by atoms with van der Waals surface area (Å²) in [6.07, 6.45) is 4.37. The minimum atomic E-state index is 0.112. The highest BCUT2D eigenvalue weighted by Gasteiger charge is 2.23. The van der Waals surface area contributed by atoms with Gasteiger partial charge >= 0.3 is 0 Å². The van der Waals surface area contributed by atoms with Crippen LogP contribution < -0.4 is 5.32 Å². The van der Waals surface area contributed by atoms with E-state index in [0.29, 0.717) is 19.0 Å². The zero-order chi connectivity index (χ0) is 18.6. The lowest BCUT2D eigenvalue weighted by Gasteiger charge is -2.31. The number of likely N-dealkylation sites (tertiary alicyclic amines) is 1. The SMILES string of the molecule is Cc1ccc(CNC(=O)CN2CCC(c3c[nH]c4ccccc34)CC2)cc1. The molecule has 4 heteroatoms. The number of hydrogen-bond donors (Lipinski definition) is 2. The molecule has 2 heterocycles. The maximum absolute atomic E-state index is 12.3. The number of benzene rings is 2. The van der Waals surface area contributed by atoms with Crippen LogP contribution in [0.2, 0.25) is 0 Å². The molecule has 2 N–H and O–H groups in total. The fraction of sp³-hybridized carbons (Fsp3) is 0.348. The van der Waals surface area contributed by atoms with Crippen LogP contribution in [0.15, 0.2) is 54.7 Å². The van der Waals surface area contributed by atoms with Crippen molar-refractivity contribution in [1.82, 2.24) is 15.2 Å². The van der Waals surface area contributed by atoms with Gasteiger partial charge in [-0.25, -0.2) is 0 Å². The van der Waals surface area contributed by atoms with E-state index in [2.05, 4.69) is 76.9 Å². The van der Waals surface area contributed by atoms with Gasteiger partial charge in [-0.1, -0.05) is 48.0 Å². The summed E-state index contributed by atoms with van der Waals surface area (Å²) in [5.74, 6) is 0.689. The van der Waals surface area contributed by atoms with Crippen LogP contribution in [0.1, 0.15) is 35.4 Å². The second-order valence-corrected chi connectivity index (χ2v) is 7.60. The lowest BCUT2D eigenvalue weighted by Crippen LogP contribution is -2.41. The first-order valence-electron chi connectivity index (χ1n) is 9.79. The summed E-state index contributed by atoms with van der Waals surface area (Å²) in [6, 6.07) is 16.8. The van der Waals surface area contributed by atoms with Crippen molar-refractivity contribution in [2.45, 2.75) is 32.2 Å². The second-order valence-electron chi connectivity index (χ2n) is 7.60. The number of aryl methyl sites for hydroxylation is 1. The summed E-state index contributed by atoms with van der Waals surface area (Å²) >= 11 is 0. The van der Waals surface area contributed by atoms with Gasteiger partial charge in [-0.05, 0) is 56.0 Å². The molecule has 0 unspecified atom stereocenters. The highest BCUT2D eigenvalue weighted by molar-refractivity contribution is 5.83. The molecule has 1 aliphatic heterocycles. The predicted molar refractivity (Wildman–Crippen MR) is 110 cm³/mol. The lowest BCUT2D eigenvalue weighted by molar-refractivity contribution is -0.122. The average molecular weight is 361 g/mol. The third-order valence-corrected chi connectivity index (χ3v) is 5.63. The summed E-state index contributed by atoms with van der Waals surface area (Å²) < 4.78 is 0. The first-order valence-corrected chi connectivity index (χ1v) is 9.79. The van der Waals surface area contributed by atoms with E-state index >= 15 is 0 Å². The summed E-state index contributed by atoms with van der Waals surface area (Å²) in [7, 11) is 0. The summed E-state index contributed by atoms with van der Waals surface area (Å²) in [6.45, 7) is 5.11. The van der Waals surface area contributed by atoms with Crippen molar-refractivity contribution in [2.75, 3.05) is 19.6 Å². The molecular formula is C23H27N3O. The van der Waals surface area contributed by atoms with Gasteiger partial charge in [0.25, 0.3) is 0 Å². The number of aromatic amines is 1. The molecule has 1 aromatic heterocycles. The number of para-hydroxylation sites is 1. The molecule has 0 radical (unpaired) electrons. The molecule has 1 saturated heterocycles. The molecular weight excluding hydrogens is 334 g/mol. The normalized spacial score (nSPS) is 15.9. The van der Waals surface area contributed by atoms with E-state index in [1.165, 1.54) is 22.0 Å². The highest BCUT2D eigenvalue weighted by Crippen LogP contribution is 2.32. The Bertz CT molecular complexity index is 905. The molecule has 4 rings (SSSR count). The first kappa shape index (κ1) is 17.8. The van der Waals surface area contributed by atoms with Gasteiger partial charge < -0.3 is 10.3 Å². The number of carbonyl (C=O) groups is 1. The number of H-pyrrole nitrogens is 1. The van der Waals surface area contributed by atoms with E-state index in [-0.39, 0.29) is 5.91 Å². The van der Waals surface area contributed by atoms with E-state index < -0.39 is 0 Å². The monoisotopic (exact) mass is 361 g/mol. The first-order chi connectivity index (χ1) is 13.2. The Hall–Kier alpha value is -2.59. The number of piperidine rings is 1. The van der Waals surface area contributed by atoms with Crippen molar-refractivity contribution in [3.05, 3.63) is 71.4 Å². The number of nitrogens with one attached hydrogen (secondary N) is 2. The van der Waals surface area contributed by atoms with Crippen molar-refractivity contribution >= 4 is 16.8 Å². The number of hydrogen-bond acceptors (Lipinski definition) is 2. The zero-order valence-corrected chi connectivity index (χ0v) is 15.9. The van der Waals surface area contributed by atoms with E-state index in [1.54, 1.807) is 0 Å². The number of amides is 1. The Morgan fingerprint density at radius 2 is 1.85 bits per heavy atom. The quantitative estimate of drug-likeness (QED) is 0.722. The molecule has 1 fully saturated rings. The second kappa shape index (κ2) is 7.97. The Labute approximate surface area is 160 Å². The van der Waals surface area contributed by atoms with Crippen molar-refractivity contribution in [2.24, 2.45) is 0 Å². The molecule has 4 nitrogen and oxygen atoms in total. The van der Waals surface area contributed by atoms with E-state index in [4.69, 9.17) is 0 Å². The molecule has 3 aromatic rings. The molecule has 0 saturated carbocycles. The number of rotatable bonds is 5. The Morgan fingerprint density at radius 1 is 1.11 bits per heavy atom. The van der Waals surface area contributed by atoms with Crippen LogP contribution in [0.25, 0.3) is 10.9 Å². The fourth-order valence-electron chi connectivity index (χ4n) is 4.00. The van der Waals surface area contributed by atoms with Gasteiger partial charge in [0.1, 0.15) is 0 Å². The Balaban J connectivity index is 1.26. The van der Waals surface area contributed by atoms with Gasteiger partial charge in [0.2, 0.25) is 5.91 Å². The Morgan fingerprint density at radius 3 is 2.63 bits per heavy atom. The molecule has 0 atom stereocenters. The van der Waals surface area contributed by atoms with Gasteiger partial charge in [-0.15, -0.1) is 0 Å². The molecule has 1 aliphatic rings. The van der Waals surface area contributed by atoms with Gasteiger partial charge in [0, 0.05) is 23.6 Å². The fourth-order valence-corrected chi connectivity index (χ4v) is 4.00. The highest BCUT2D eigenvalue weighted by atomic mass is 16.2. The molecule has 2 aromatic carbocycles. The smallest absolute Gasteiger partial charge is 0.234 e. The summed E-state index contributed by atoms with van der Waals surface area (Å²) in [5, 5.41) is 4.38. The van der Waals surface area contributed by atoms with Crippen molar-refractivity contribution in [3.63, 3.8) is 0 Å². The molecule has 0 bridgehead atoms. The largest absolute Gasteiger partial charge is 0.361 e. The number of nitrogens with zero attached hydrogens (tertiary/aromatic N) is 1. The molecule has 27 heavy (non-hydrogen) atoms. The van der Waals surface area contributed by atoms with Crippen LogP contribution in [-0.2, 0) is 11.3 Å². The van der Waals surface area contributed by atoms with Crippen LogP contribution in [-0.4, -0.2) is 35.4 Å². The van der Waals surface area contributed by atoms with Crippen LogP contribution in [0.5, 0.6) is 0 Å². The van der Waals surface area contributed by atoms with Crippen LogP contribution in [0, 0.1) is 6.92 Å². The van der Waals surface area contributed by atoms with Crippen molar-refractivity contribution in [1.29, 1.82) is 0 Å². The minimum absolute atomic E-state index is 0.112. The maximum Gasteiger partial charge on any atom is 0.234 e.